The number of rotatable bonds is 4. The topological polar surface area (TPSA) is 67.9 Å². The van der Waals surface area contributed by atoms with Crippen LogP contribution >= 0.6 is 0 Å². The smallest absolute Gasteiger partial charge is 0.228 e. The molecule has 0 unspecified atom stereocenters. The minimum atomic E-state index is 0.370. The summed E-state index contributed by atoms with van der Waals surface area (Å²) in [5.74, 6) is 1.79. The molecule has 2 rings (SSSR count). The molecule has 0 bridgehead atoms. The van der Waals surface area contributed by atoms with Crippen LogP contribution in [0.25, 0.3) is 0 Å². The summed E-state index contributed by atoms with van der Waals surface area (Å²) in [6.07, 6.45) is 2.94. The molecule has 0 aliphatic carbocycles. The second kappa shape index (κ2) is 4.90. The van der Waals surface area contributed by atoms with Crippen LogP contribution in [-0.2, 0) is 6.54 Å². The van der Waals surface area contributed by atoms with Crippen LogP contribution < -0.4 is 4.90 Å². The maximum absolute atomic E-state index is 5.26. The average molecular weight is 233 g/mol. The van der Waals surface area contributed by atoms with E-state index in [1.54, 1.807) is 0 Å². The van der Waals surface area contributed by atoms with E-state index >= 15 is 0 Å². The highest BCUT2D eigenvalue weighted by Gasteiger charge is 2.11. The van der Waals surface area contributed by atoms with Crippen LogP contribution in [0.5, 0.6) is 0 Å². The lowest BCUT2D eigenvalue weighted by Crippen LogP contribution is -2.18. The van der Waals surface area contributed by atoms with Crippen molar-refractivity contribution >= 4 is 5.95 Å². The summed E-state index contributed by atoms with van der Waals surface area (Å²) >= 11 is 0. The first-order valence-electron chi connectivity index (χ1n) is 5.45. The maximum atomic E-state index is 5.26. The minimum absolute atomic E-state index is 0.370. The Bertz CT molecular complexity index is 468. The Hall–Kier alpha value is -1.98. The third kappa shape index (κ3) is 2.77. The van der Waals surface area contributed by atoms with Crippen molar-refractivity contribution in [2.24, 2.45) is 0 Å². The summed E-state index contributed by atoms with van der Waals surface area (Å²) in [6.45, 7) is 4.75. The van der Waals surface area contributed by atoms with E-state index in [1.165, 1.54) is 12.7 Å². The molecule has 0 saturated heterocycles. The lowest BCUT2D eigenvalue weighted by Gasteiger charge is -2.13. The van der Waals surface area contributed by atoms with E-state index in [0.717, 1.165) is 11.5 Å². The van der Waals surface area contributed by atoms with Gasteiger partial charge in [-0.3, -0.25) is 0 Å². The number of hydrogen-bond acceptors (Lipinski definition) is 6. The van der Waals surface area contributed by atoms with Crippen LogP contribution in [0.2, 0.25) is 0 Å². The molecule has 0 N–H and O–H groups in total. The first kappa shape index (κ1) is 11.5. The lowest BCUT2D eigenvalue weighted by molar-refractivity contribution is 0.374. The molecule has 90 valence electrons. The number of nitrogens with zero attached hydrogens (tertiary/aromatic N) is 5. The quantitative estimate of drug-likeness (QED) is 0.799. The summed E-state index contributed by atoms with van der Waals surface area (Å²) in [5, 5.41) is 4.01. The van der Waals surface area contributed by atoms with Gasteiger partial charge in [0, 0.05) is 13.1 Å². The normalized spacial score (nSPS) is 10.8. The zero-order valence-electron chi connectivity index (χ0n) is 10.2. The predicted molar refractivity (Wildman–Crippen MR) is 62.5 cm³/mol. The predicted octanol–water partition coefficient (Wildman–Crippen LogP) is 1.62. The average Bonchev–Trinajstić information content (AvgIpc) is 2.79. The van der Waals surface area contributed by atoms with Gasteiger partial charge >= 0.3 is 0 Å². The van der Waals surface area contributed by atoms with Crippen LogP contribution in [0.3, 0.4) is 0 Å². The van der Waals surface area contributed by atoms with Crippen molar-refractivity contribution in [3.8, 4) is 0 Å². The summed E-state index contributed by atoms with van der Waals surface area (Å²) in [4.78, 5) is 13.8. The van der Waals surface area contributed by atoms with E-state index in [4.69, 9.17) is 4.52 Å². The van der Waals surface area contributed by atoms with Crippen LogP contribution in [0.15, 0.2) is 23.2 Å². The second-order valence-electron chi connectivity index (χ2n) is 4.17. The van der Waals surface area contributed by atoms with Gasteiger partial charge in [0.25, 0.3) is 0 Å². The highest BCUT2D eigenvalue weighted by molar-refractivity contribution is 5.26. The van der Waals surface area contributed by atoms with E-state index in [-0.39, 0.29) is 0 Å². The molecule has 2 aromatic rings. The van der Waals surface area contributed by atoms with Crippen molar-refractivity contribution in [1.82, 2.24) is 20.1 Å². The van der Waals surface area contributed by atoms with Gasteiger partial charge in [0.15, 0.2) is 5.76 Å². The van der Waals surface area contributed by atoms with Gasteiger partial charge in [0.1, 0.15) is 12.7 Å². The Labute approximate surface area is 99.7 Å². The molecule has 0 radical (unpaired) electrons. The van der Waals surface area contributed by atoms with Crippen molar-refractivity contribution in [3.05, 3.63) is 30.2 Å². The standard InChI is InChI=1S/C11H15N5O/c1-8(2)10-4-9(17-15-10)5-16(3)11-13-6-12-7-14-11/h4,6-8H,5H2,1-3H3. The Morgan fingerprint density at radius 1 is 1.29 bits per heavy atom. The van der Waals surface area contributed by atoms with Crippen LogP contribution in [0.1, 0.15) is 31.2 Å². The van der Waals surface area contributed by atoms with Gasteiger partial charge in [-0.15, -0.1) is 0 Å². The van der Waals surface area contributed by atoms with E-state index in [2.05, 4.69) is 34.0 Å². The molecule has 2 heterocycles. The summed E-state index contributed by atoms with van der Waals surface area (Å²) < 4.78 is 5.26. The van der Waals surface area contributed by atoms with Gasteiger partial charge in [-0.1, -0.05) is 19.0 Å². The minimum Gasteiger partial charge on any atom is -0.359 e. The summed E-state index contributed by atoms with van der Waals surface area (Å²) in [6, 6.07) is 1.96. The lowest BCUT2D eigenvalue weighted by atomic mass is 10.1. The molecule has 0 amide bonds. The number of anilines is 1. The maximum Gasteiger partial charge on any atom is 0.228 e. The zero-order chi connectivity index (χ0) is 12.3. The molecular weight excluding hydrogens is 218 g/mol. The Kier molecular flexibility index (Phi) is 3.32. The van der Waals surface area contributed by atoms with Crippen LogP contribution in [0.4, 0.5) is 5.95 Å². The fourth-order valence-corrected chi connectivity index (χ4v) is 1.41. The molecule has 0 aliphatic rings. The zero-order valence-corrected chi connectivity index (χ0v) is 10.2. The van der Waals surface area contributed by atoms with Crippen LogP contribution in [0, 0.1) is 0 Å². The van der Waals surface area contributed by atoms with E-state index in [9.17, 15) is 0 Å². The Morgan fingerprint density at radius 2 is 2.00 bits per heavy atom. The Balaban J connectivity index is 2.05. The Morgan fingerprint density at radius 3 is 2.59 bits per heavy atom. The second-order valence-corrected chi connectivity index (χ2v) is 4.17. The summed E-state index contributed by atoms with van der Waals surface area (Å²) in [5.41, 5.74) is 0.962. The molecule has 0 fully saturated rings. The van der Waals surface area contributed by atoms with E-state index in [1.807, 2.05) is 18.0 Å². The largest absolute Gasteiger partial charge is 0.359 e. The molecule has 6 heteroatoms. The number of aromatic nitrogens is 4. The van der Waals surface area contributed by atoms with Crippen molar-refractivity contribution in [3.63, 3.8) is 0 Å². The van der Waals surface area contributed by atoms with E-state index in [0.29, 0.717) is 18.4 Å². The molecule has 17 heavy (non-hydrogen) atoms. The van der Waals surface area contributed by atoms with Crippen LogP contribution in [-0.4, -0.2) is 27.2 Å². The van der Waals surface area contributed by atoms with Crippen molar-refractivity contribution in [1.29, 1.82) is 0 Å². The summed E-state index contributed by atoms with van der Waals surface area (Å²) in [7, 11) is 1.90. The molecule has 0 saturated carbocycles. The van der Waals surface area contributed by atoms with Gasteiger partial charge in [-0.05, 0) is 5.92 Å². The first-order chi connectivity index (χ1) is 8.16. The highest BCUT2D eigenvalue weighted by Crippen LogP contribution is 2.16. The van der Waals surface area contributed by atoms with Gasteiger partial charge in [-0.25, -0.2) is 15.0 Å². The van der Waals surface area contributed by atoms with Crippen molar-refractivity contribution in [2.45, 2.75) is 26.3 Å². The van der Waals surface area contributed by atoms with Gasteiger partial charge in [0.05, 0.1) is 12.2 Å². The third-order valence-electron chi connectivity index (χ3n) is 2.38. The third-order valence-corrected chi connectivity index (χ3v) is 2.38. The van der Waals surface area contributed by atoms with Gasteiger partial charge in [0.2, 0.25) is 5.95 Å². The molecule has 2 aromatic heterocycles. The molecule has 0 aromatic carbocycles. The molecule has 0 atom stereocenters. The fraction of sp³-hybridized carbons (Fsp3) is 0.455. The molecular formula is C11H15N5O. The van der Waals surface area contributed by atoms with E-state index < -0.39 is 0 Å². The SMILES string of the molecule is CC(C)c1cc(CN(C)c2ncncn2)on1. The van der Waals surface area contributed by atoms with Crippen molar-refractivity contribution in [2.75, 3.05) is 11.9 Å². The monoisotopic (exact) mass is 233 g/mol. The van der Waals surface area contributed by atoms with Crippen molar-refractivity contribution < 1.29 is 4.52 Å². The first-order valence-corrected chi connectivity index (χ1v) is 5.45. The fourth-order valence-electron chi connectivity index (χ4n) is 1.41. The molecule has 6 nitrogen and oxygen atoms in total. The van der Waals surface area contributed by atoms with Gasteiger partial charge < -0.3 is 9.42 Å². The molecule has 0 aliphatic heterocycles. The number of hydrogen-bond donors (Lipinski definition) is 0. The molecule has 0 spiro atoms. The van der Waals surface area contributed by atoms with Gasteiger partial charge in [-0.2, -0.15) is 0 Å². The highest BCUT2D eigenvalue weighted by atomic mass is 16.5.